The number of rotatable bonds is 3. The number of amides is 2. The van der Waals surface area contributed by atoms with Crippen LogP contribution in [0.2, 0.25) is 0 Å². The first-order chi connectivity index (χ1) is 10.7. The fourth-order valence-corrected chi connectivity index (χ4v) is 3.53. The van der Waals surface area contributed by atoms with Crippen LogP contribution in [0.5, 0.6) is 0 Å². The molecule has 1 heterocycles. The summed E-state index contributed by atoms with van der Waals surface area (Å²) in [7, 11) is 0. The number of carbonyl (C=O) groups excluding carboxylic acids is 1. The van der Waals surface area contributed by atoms with Crippen molar-refractivity contribution >= 4 is 29.2 Å². The van der Waals surface area contributed by atoms with E-state index < -0.39 is 0 Å². The lowest BCUT2D eigenvalue weighted by Gasteiger charge is -2.31. The Morgan fingerprint density at radius 1 is 1.05 bits per heavy atom. The molecule has 0 unspecified atom stereocenters. The van der Waals surface area contributed by atoms with E-state index >= 15 is 0 Å². The van der Waals surface area contributed by atoms with Crippen LogP contribution in [0.25, 0.3) is 0 Å². The largest absolute Gasteiger partial charge is 0.337 e. The van der Waals surface area contributed by atoms with Crippen molar-refractivity contribution in [3.8, 4) is 0 Å². The van der Waals surface area contributed by atoms with Crippen molar-refractivity contribution in [3.63, 3.8) is 0 Å². The van der Waals surface area contributed by atoms with Crippen LogP contribution in [0.3, 0.4) is 0 Å². The minimum absolute atomic E-state index is 0.0548. The SMILES string of the molecule is CC(C)CCNC(=O)N1c2ccccc2Sc2ccccc21. The molecule has 1 aliphatic rings. The molecule has 0 atom stereocenters. The normalized spacial score (nSPS) is 12.8. The Morgan fingerprint density at radius 3 is 2.14 bits per heavy atom. The van der Waals surface area contributed by atoms with Crippen LogP contribution < -0.4 is 10.2 Å². The molecule has 1 aliphatic heterocycles. The maximum absolute atomic E-state index is 12.7. The predicted molar refractivity (Wildman–Crippen MR) is 92.0 cm³/mol. The Balaban J connectivity index is 1.91. The number of hydrogen-bond acceptors (Lipinski definition) is 2. The van der Waals surface area contributed by atoms with E-state index in [0.717, 1.165) is 27.6 Å². The first-order valence-electron chi connectivity index (χ1n) is 7.60. The highest BCUT2D eigenvalue weighted by atomic mass is 32.2. The minimum Gasteiger partial charge on any atom is -0.337 e. The average molecular weight is 312 g/mol. The summed E-state index contributed by atoms with van der Waals surface area (Å²) in [5.41, 5.74) is 1.90. The minimum atomic E-state index is -0.0548. The molecule has 0 saturated heterocycles. The molecular weight excluding hydrogens is 292 g/mol. The van der Waals surface area contributed by atoms with Gasteiger partial charge in [0.2, 0.25) is 0 Å². The molecular formula is C18H20N2OS. The van der Waals surface area contributed by atoms with Crippen molar-refractivity contribution in [1.82, 2.24) is 5.32 Å². The summed E-state index contributed by atoms with van der Waals surface area (Å²) >= 11 is 1.71. The van der Waals surface area contributed by atoms with Gasteiger partial charge < -0.3 is 5.32 Å². The number of carbonyl (C=O) groups is 1. The second-order valence-corrected chi connectivity index (χ2v) is 6.87. The number of nitrogens with one attached hydrogen (secondary N) is 1. The van der Waals surface area contributed by atoms with E-state index in [1.165, 1.54) is 0 Å². The van der Waals surface area contributed by atoms with Gasteiger partial charge in [0.15, 0.2) is 0 Å². The number of nitrogens with zero attached hydrogens (tertiary/aromatic N) is 1. The third-order valence-electron chi connectivity index (χ3n) is 3.63. The van der Waals surface area contributed by atoms with Crippen molar-refractivity contribution in [1.29, 1.82) is 0 Å². The summed E-state index contributed by atoms with van der Waals surface area (Å²) in [6.45, 7) is 5.02. The van der Waals surface area contributed by atoms with E-state index in [2.05, 4.69) is 31.3 Å². The predicted octanol–water partition coefficient (Wildman–Crippen LogP) is 5.05. The number of para-hydroxylation sites is 2. The zero-order chi connectivity index (χ0) is 15.5. The molecule has 2 amide bonds. The standard InChI is InChI=1S/C18H20N2OS/c1-13(2)11-12-19-18(21)20-14-7-3-5-9-16(14)22-17-10-6-4-8-15(17)20/h3-10,13H,11-12H2,1-2H3,(H,19,21). The lowest BCUT2D eigenvalue weighted by atomic mass is 10.1. The highest BCUT2D eigenvalue weighted by Gasteiger charge is 2.27. The van der Waals surface area contributed by atoms with Gasteiger partial charge in [0.05, 0.1) is 11.4 Å². The third kappa shape index (κ3) is 2.97. The van der Waals surface area contributed by atoms with Gasteiger partial charge in [0.25, 0.3) is 0 Å². The van der Waals surface area contributed by atoms with Gasteiger partial charge in [-0.15, -0.1) is 0 Å². The van der Waals surface area contributed by atoms with Gasteiger partial charge in [-0.25, -0.2) is 4.79 Å². The van der Waals surface area contributed by atoms with Crippen molar-refractivity contribution in [2.45, 2.75) is 30.1 Å². The van der Waals surface area contributed by atoms with E-state index in [0.29, 0.717) is 12.5 Å². The van der Waals surface area contributed by atoms with Crippen molar-refractivity contribution in [2.24, 2.45) is 5.92 Å². The van der Waals surface area contributed by atoms with Crippen molar-refractivity contribution < 1.29 is 4.79 Å². The molecule has 114 valence electrons. The Morgan fingerprint density at radius 2 is 1.59 bits per heavy atom. The van der Waals surface area contributed by atoms with Crippen molar-refractivity contribution in [3.05, 3.63) is 48.5 Å². The fourth-order valence-electron chi connectivity index (χ4n) is 2.47. The van der Waals surface area contributed by atoms with E-state index in [9.17, 15) is 4.79 Å². The van der Waals surface area contributed by atoms with E-state index in [1.54, 1.807) is 16.7 Å². The van der Waals surface area contributed by atoms with Gasteiger partial charge >= 0.3 is 6.03 Å². The Hall–Kier alpha value is -1.94. The fraction of sp³-hybridized carbons (Fsp3) is 0.278. The van der Waals surface area contributed by atoms with Gasteiger partial charge in [0.1, 0.15) is 0 Å². The molecule has 2 aromatic rings. The molecule has 2 aromatic carbocycles. The van der Waals surface area contributed by atoms with Crippen LogP contribution in [0.15, 0.2) is 58.3 Å². The lowest BCUT2D eigenvalue weighted by Crippen LogP contribution is -2.38. The molecule has 3 nitrogen and oxygen atoms in total. The summed E-state index contributed by atoms with van der Waals surface area (Å²) < 4.78 is 0. The lowest BCUT2D eigenvalue weighted by molar-refractivity contribution is 0.248. The second kappa shape index (κ2) is 6.44. The smallest absolute Gasteiger partial charge is 0.326 e. The summed E-state index contributed by atoms with van der Waals surface area (Å²) in [6.07, 6.45) is 0.984. The average Bonchev–Trinajstić information content (AvgIpc) is 2.52. The maximum atomic E-state index is 12.7. The molecule has 3 rings (SSSR count). The summed E-state index contributed by atoms with van der Waals surface area (Å²) in [5.74, 6) is 0.580. The number of anilines is 2. The number of hydrogen-bond donors (Lipinski definition) is 1. The Kier molecular flexibility index (Phi) is 4.39. The molecule has 4 heteroatoms. The molecule has 22 heavy (non-hydrogen) atoms. The molecule has 0 saturated carbocycles. The third-order valence-corrected chi connectivity index (χ3v) is 4.76. The van der Waals surface area contributed by atoms with Gasteiger partial charge in [-0.3, -0.25) is 4.90 Å². The summed E-state index contributed by atoms with van der Waals surface area (Å²) in [5, 5.41) is 3.04. The van der Waals surface area contributed by atoms with Crippen LogP contribution in [0.4, 0.5) is 16.2 Å². The Labute approximate surface area is 135 Å². The summed E-state index contributed by atoms with van der Waals surface area (Å²) in [6, 6.07) is 16.0. The zero-order valence-corrected chi connectivity index (χ0v) is 13.7. The monoisotopic (exact) mass is 312 g/mol. The topological polar surface area (TPSA) is 32.3 Å². The molecule has 0 aliphatic carbocycles. The quantitative estimate of drug-likeness (QED) is 0.860. The molecule has 0 fully saturated rings. The maximum Gasteiger partial charge on any atom is 0.326 e. The van der Waals surface area contributed by atoms with Crippen molar-refractivity contribution in [2.75, 3.05) is 11.4 Å². The number of benzene rings is 2. The van der Waals surface area contributed by atoms with E-state index in [-0.39, 0.29) is 6.03 Å². The highest BCUT2D eigenvalue weighted by Crippen LogP contribution is 2.47. The van der Waals surface area contributed by atoms with Gasteiger partial charge in [-0.05, 0) is 36.6 Å². The number of urea groups is 1. The first-order valence-corrected chi connectivity index (χ1v) is 8.42. The van der Waals surface area contributed by atoms with Crippen LogP contribution in [0.1, 0.15) is 20.3 Å². The molecule has 0 aromatic heterocycles. The summed E-state index contributed by atoms with van der Waals surface area (Å²) in [4.78, 5) is 16.7. The highest BCUT2D eigenvalue weighted by molar-refractivity contribution is 7.99. The van der Waals surface area contributed by atoms with Gasteiger partial charge in [-0.1, -0.05) is 49.9 Å². The van der Waals surface area contributed by atoms with E-state index in [4.69, 9.17) is 0 Å². The second-order valence-electron chi connectivity index (χ2n) is 5.79. The molecule has 0 radical (unpaired) electrons. The first kappa shape index (κ1) is 15.0. The van der Waals surface area contributed by atoms with Crippen LogP contribution in [-0.2, 0) is 0 Å². The van der Waals surface area contributed by atoms with Gasteiger partial charge in [-0.2, -0.15) is 0 Å². The van der Waals surface area contributed by atoms with Crippen LogP contribution >= 0.6 is 11.8 Å². The zero-order valence-electron chi connectivity index (χ0n) is 12.9. The number of fused-ring (bicyclic) bond motifs is 2. The van der Waals surface area contributed by atoms with E-state index in [1.807, 2.05) is 36.4 Å². The Bertz CT molecular complexity index is 639. The molecule has 0 bridgehead atoms. The van der Waals surface area contributed by atoms with Crippen LogP contribution in [-0.4, -0.2) is 12.6 Å². The van der Waals surface area contributed by atoms with Crippen LogP contribution in [0, 0.1) is 5.92 Å². The molecule has 0 spiro atoms. The van der Waals surface area contributed by atoms with Gasteiger partial charge in [0, 0.05) is 16.3 Å². The molecule has 1 N–H and O–H groups in total.